The molecule has 2 aromatic heterocycles. The van der Waals surface area contributed by atoms with Crippen LogP contribution in [0.3, 0.4) is 0 Å². The van der Waals surface area contributed by atoms with E-state index in [9.17, 15) is 4.79 Å². The van der Waals surface area contributed by atoms with Crippen LogP contribution in [0.15, 0.2) is 53.2 Å². The molecule has 6 nitrogen and oxygen atoms in total. The predicted octanol–water partition coefficient (Wildman–Crippen LogP) is 3.05. The SMILES string of the molecule is Cc1noc(CCNC(=O)c2cc3ccccc3c3cccnc23)n1. The lowest BCUT2D eigenvalue weighted by atomic mass is 10.0. The third-order valence-corrected chi connectivity index (χ3v) is 4.05. The molecule has 124 valence electrons. The van der Waals surface area contributed by atoms with E-state index in [0.29, 0.717) is 35.8 Å². The zero-order chi connectivity index (χ0) is 17.2. The highest BCUT2D eigenvalue weighted by Crippen LogP contribution is 2.27. The second-order valence-electron chi connectivity index (χ2n) is 5.79. The van der Waals surface area contributed by atoms with E-state index >= 15 is 0 Å². The van der Waals surface area contributed by atoms with E-state index in [1.165, 1.54) is 0 Å². The second-order valence-corrected chi connectivity index (χ2v) is 5.79. The number of rotatable bonds is 4. The molecule has 1 N–H and O–H groups in total. The highest BCUT2D eigenvalue weighted by atomic mass is 16.5. The second kappa shape index (κ2) is 6.32. The standard InChI is InChI=1S/C19H16N4O2/c1-12-22-17(25-23-12)8-10-21-19(24)16-11-13-5-2-3-6-14(13)15-7-4-9-20-18(15)16/h2-7,9,11H,8,10H2,1H3,(H,21,24). The van der Waals surface area contributed by atoms with Crippen molar-refractivity contribution in [3.63, 3.8) is 0 Å². The fourth-order valence-corrected chi connectivity index (χ4v) is 2.92. The third kappa shape index (κ3) is 2.94. The Hall–Kier alpha value is -3.28. The number of aromatic nitrogens is 3. The lowest BCUT2D eigenvalue weighted by Crippen LogP contribution is -2.26. The number of nitrogens with zero attached hydrogens (tertiary/aromatic N) is 3. The van der Waals surface area contributed by atoms with Gasteiger partial charge < -0.3 is 9.84 Å². The Kier molecular flexibility index (Phi) is 3.85. The number of fused-ring (bicyclic) bond motifs is 3. The first-order valence-electron chi connectivity index (χ1n) is 8.06. The number of hydrogen-bond acceptors (Lipinski definition) is 5. The highest BCUT2D eigenvalue weighted by Gasteiger charge is 2.14. The van der Waals surface area contributed by atoms with Gasteiger partial charge in [0.15, 0.2) is 5.82 Å². The zero-order valence-corrected chi connectivity index (χ0v) is 13.7. The Morgan fingerprint density at radius 1 is 1.16 bits per heavy atom. The molecule has 1 amide bonds. The molecular weight excluding hydrogens is 316 g/mol. The molecule has 0 aliphatic carbocycles. The minimum atomic E-state index is -0.161. The summed E-state index contributed by atoms with van der Waals surface area (Å²) in [4.78, 5) is 21.2. The van der Waals surface area contributed by atoms with Crippen molar-refractivity contribution in [2.75, 3.05) is 6.54 Å². The number of hydrogen-bond donors (Lipinski definition) is 1. The largest absolute Gasteiger partial charge is 0.351 e. The maximum absolute atomic E-state index is 12.7. The fraction of sp³-hybridized carbons (Fsp3) is 0.158. The van der Waals surface area contributed by atoms with Crippen LogP contribution in [0.2, 0.25) is 0 Å². The molecule has 0 aliphatic heterocycles. The van der Waals surface area contributed by atoms with Gasteiger partial charge >= 0.3 is 0 Å². The normalized spacial score (nSPS) is 11.1. The Bertz CT molecular complexity index is 1070. The smallest absolute Gasteiger partial charge is 0.253 e. The van der Waals surface area contributed by atoms with Crippen LogP contribution < -0.4 is 5.32 Å². The lowest BCUT2D eigenvalue weighted by molar-refractivity contribution is 0.0955. The van der Waals surface area contributed by atoms with Crippen LogP contribution in [-0.4, -0.2) is 27.6 Å². The van der Waals surface area contributed by atoms with E-state index in [1.54, 1.807) is 13.1 Å². The number of benzene rings is 2. The van der Waals surface area contributed by atoms with E-state index in [0.717, 1.165) is 16.2 Å². The molecule has 2 heterocycles. The van der Waals surface area contributed by atoms with Crippen LogP contribution in [0, 0.1) is 6.92 Å². The first-order valence-corrected chi connectivity index (χ1v) is 8.06. The molecule has 0 atom stereocenters. The van der Waals surface area contributed by atoms with Gasteiger partial charge in [-0.2, -0.15) is 4.98 Å². The molecule has 0 spiro atoms. The number of amides is 1. The molecule has 0 radical (unpaired) electrons. The monoisotopic (exact) mass is 332 g/mol. The van der Waals surface area contributed by atoms with Crippen molar-refractivity contribution >= 4 is 27.6 Å². The number of aryl methyl sites for hydroxylation is 1. The summed E-state index contributed by atoms with van der Waals surface area (Å²) in [5.41, 5.74) is 1.27. The van der Waals surface area contributed by atoms with Crippen molar-refractivity contribution in [2.45, 2.75) is 13.3 Å². The van der Waals surface area contributed by atoms with Gasteiger partial charge in [0.25, 0.3) is 5.91 Å². The van der Waals surface area contributed by atoms with Crippen molar-refractivity contribution in [3.8, 4) is 0 Å². The van der Waals surface area contributed by atoms with Gasteiger partial charge in [-0.25, -0.2) is 0 Å². The molecule has 2 aromatic carbocycles. The topological polar surface area (TPSA) is 80.9 Å². The van der Waals surface area contributed by atoms with Gasteiger partial charge in [-0.1, -0.05) is 35.5 Å². The molecule has 0 aliphatic rings. The maximum Gasteiger partial charge on any atom is 0.253 e. The Labute approximate surface area is 143 Å². The molecule has 4 rings (SSSR count). The molecular formula is C19H16N4O2. The van der Waals surface area contributed by atoms with E-state index in [4.69, 9.17) is 4.52 Å². The van der Waals surface area contributed by atoms with Gasteiger partial charge in [0.1, 0.15) is 0 Å². The summed E-state index contributed by atoms with van der Waals surface area (Å²) in [7, 11) is 0. The maximum atomic E-state index is 12.7. The van der Waals surface area contributed by atoms with Crippen molar-refractivity contribution < 1.29 is 9.32 Å². The minimum absolute atomic E-state index is 0.161. The Morgan fingerprint density at radius 2 is 2.00 bits per heavy atom. The summed E-state index contributed by atoms with van der Waals surface area (Å²) in [6.07, 6.45) is 2.20. The van der Waals surface area contributed by atoms with Gasteiger partial charge in [0.2, 0.25) is 5.89 Å². The lowest BCUT2D eigenvalue weighted by Gasteiger charge is -2.09. The number of carbonyl (C=O) groups is 1. The summed E-state index contributed by atoms with van der Waals surface area (Å²) >= 11 is 0. The first-order chi connectivity index (χ1) is 12.2. The highest BCUT2D eigenvalue weighted by molar-refractivity contribution is 6.15. The van der Waals surface area contributed by atoms with Crippen LogP contribution in [-0.2, 0) is 6.42 Å². The molecule has 0 saturated carbocycles. The Balaban J connectivity index is 1.63. The van der Waals surface area contributed by atoms with Gasteiger partial charge in [-0.05, 0) is 29.8 Å². The molecule has 0 fully saturated rings. The fourth-order valence-electron chi connectivity index (χ4n) is 2.92. The van der Waals surface area contributed by atoms with Crippen LogP contribution in [0.4, 0.5) is 0 Å². The quantitative estimate of drug-likeness (QED) is 0.581. The molecule has 0 saturated heterocycles. The first kappa shape index (κ1) is 15.3. The molecule has 0 bridgehead atoms. The van der Waals surface area contributed by atoms with Crippen LogP contribution >= 0.6 is 0 Å². The summed E-state index contributed by atoms with van der Waals surface area (Å²) in [6.45, 7) is 2.18. The van der Waals surface area contributed by atoms with E-state index in [2.05, 4.69) is 20.4 Å². The van der Waals surface area contributed by atoms with Gasteiger partial charge in [-0.3, -0.25) is 9.78 Å². The molecule has 25 heavy (non-hydrogen) atoms. The van der Waals surface area contributed by atoms with E-state index in [1.807, 2.05) is 42.5 Å². The van der Waals surface area contributed by atoms with Crippen molar-refractivity contribution in [1.82, 2.24) is 20.4 Å². The van der Waals surface area contributed by atoms with Gasteiger partial charge in [0.05, 0.1) is 11.1 Å². The minimum Gasteiger partial charge on any atom is -0.351 e. The summed E-state index contributed by atoms with van der Waals surface area (Å²) in [6, 6.07) is 13.7. The summed E-state index contributed by atoms with van der Waals surface area (Å²) in [5, 5.41) is 9.72. The van der Waals surface area contributed by atoms with E-state index in [-0.39, 0.29) is 5.91 Å². The molecule has 0 unspecified atom stereocenters. The Morgan fingerprint density at radius 3 is 2.84 bits per heavy atom. The number of nitrogens with one attached hydrogen (secondary N) is 1. The van der Waals surface area contributed by atoms with Gasteiger partial charge in [0, 0.05) is 24.5 Å². The summed E-state index contributed by atoms with van der Waals surface area (Å²) < 4.78 is 5.05. The molecule has 6 heteroatoms. The average Bonchev–Trinajstić information content (AvgIpc) is 3.06. The van der Waals surface area contributed by atoms with Crippen molar-refractivity contribution in [2.24, 2.45) is 0 Å². The van der Waals surface area contributed by atoms with Crippen molar-refractivity contribution in [3.05, 3.63) is 65.9 Å². The average molecular weight is 332 g/mol. The number of pyridine rings is 1. The van der Waals surface area contributed by atoms with Gasteiger partial charge in [-0.15, -0.1) is 0 Å². The zero-order valence-electron chi connectivity index (χ0n) is 13.7. The third-order valence-electron chi connectivity index (χ3n) is 4.05. The van der Waals surface area contributed by atoms with Crippen molar-refractivity contribution in [1.29, 1.82) is 0 Å². The number of carbonyl (C=O) groups excluding carboxylic acids is 1. The van der Waals surface area contributed by atoms with Crippen LogP contribution in [0.25, 0.3) is 21.7 Å². The van der Waals surface area contributed by atoms with E-state index < -0.39 is 0 Å². The summed E-state index contributed by atoms with van der Waals surface area (Å²) in [5.74, 6) is 0.941. The molecule has 4 aromatic rings. The van der Waals surface area contributed by atoms with Crippen LogP contribution in [0.1, 0.15) is 22.1 Å². The van der Waals surface area contributed by atoms with Crippen LogP contribution in [0.5, 0.6) is 0 Å². The predicted molar refractivity (Wildman–Crippen MR) is 94.3 cm³/mol.